The normalized spacial score (nSPS) is 13.4. The molecule has 0 radical (unpaired) electrons. The van der Waals surface area contributed by atoms with Crippen LogP contribution in [0.5, 0.6) is 0 Å². The standard InChI is InChI=1S/C11H20N2O3S.2C6H14N2O2/c1-7(8(2)14)10(17)13-9(11(15)16)5-3-4-6-12;2*7-4-2-1-3-5(8)6(9)10/h7,9H,3-6,12H2,1-2H3,(H,13,17)(H,15,16);2*5H,1-4,7-8H2,(H,9,10)/t7-,9?;;/m0../s1. The van der Waals surface area contributed by atoms with Gasteiger partial charge in [0.25, 0.3) is 0 Å². The Morgan fingerprint density at radius 1 is 0.703 bits per heavy atom. The van der Waals surface area contributed by atoms with E-state index in [4.69, 9.17) is 56.2 Å². The second-order valence-corrected chi connectivity index (χ2v) is 8.91. The molecule has 218 valence electrons. The highest BCUT2D eigenvalue weighted by Gasteiger charge is 2.21. The Labute approximate surface area is 224 Å². The Bertz CT molecular complexity index is 643. The molecule has 0 fully saturated rings. The van der Waals surface area contributed by atoms with Gasteiger partial charge in [-0.1, -0.05) is 25.1 Å². The number of hydrogen-bond acceptors (Lipinski definition) is 10. The third-order valence-corrected chi connectivity index (χ3v) is 5.61. The first-order valence-corrected chi connectivity index (χ1v) is 12.8. The van der Waals surface area contributed by atoms with Gasteiger partial charge >= 0.3 is 17.9 Å². The van der Waals surface area contributed by atoms with Crippen LogP contribution in [0.3, 0.4) is 0 Å². The van der Waals surface area contributed by atoms with Gasteiger partial charge in [0, 0.05) is 0 Å². The molecule has 0 aromatic rings. The van der Waals surface area contributed by atoms with Crippen LogP contribution in [0, 0.1) is 5.92 Å². The first-order chi connectivity index (χ1) is 17.3. The summed E-state index contributed by atoms with van der Waals surface area (Å²) >= 11 is 5.01. The van der Waals surface area contributed by atoms with Crippen LogP contribution < -0.4 is 34.0 Å². The van der Waals surface area contributed by atoms with Gasteiger partial charge in [0.1, 0.15) is 23.9 Å². The lowest BCUT2D eigenvalue weighted by Gasteiger charge is -2.18. The van der Waals surface area contributed by atoms with Crippen LogP contribution >= 0.6 is 12.2 Å². The summed E-state index contributed by atoms with van der Waals surface area (Å²) in [5.41, 5.74) is 26.2. The maximum Gasteiger partial charge on any atom is 0.326 e. The summed E-state index contributed by atoms with van der Waals surface area (Å²) in [7, 11) is 0. The maximum atomic E-state index is 11.1. The molecule has 0 saturated heterocycles. The van der Waals surface area contributed by atoms with E-state index >= 15 is 0 Å². The van der Waals surface area contributed by atoms with E-state index in [2.05, 4.69) is 5.32 Å². The summed E-state index contributed by atoms with van der Waals surface area (Å²) in [4.78, 5) is 42.7. The Morgan fingerprint density at radius 2 is 1.05 bits per heavy atom. The molecule has 13 nitrogen and oxygen atoms in total. The average molecular weight is 553 g/mol. The minimum absolute atomic E-state index is 0.0754. The minimum Gasteiger partial charge on any atom is -0.480 e. The maximum absolute atomic E-state index is 11.1. The zero-order chi connectivity index (χ0) is 29.4. The number of ketones is 1. The van der Waals surface area contributed by atoms with Crippen LogP contribution in [0.2, 0.25) is 0 Å². The number of carbonyl (C=O) groups excluding carboxylic acids is 1. The van der Waals surface area contributed by atoms with Crippen molar-refractivity contribution in [1.82, 2.24) is 5.32 Å². The Hall–Kier alpha value is -2.23. The first-order valence-electron chi connectivity index (χ1n) is 12.4. The van der Waals surface area contributed by atoms with Crippen LogP contribution in [-0.2, 0) is 19.2 Å². The number of carboxylic acid groups (broad SMARTS) is 3. The Kier molecular flexibility index (Phi) is 27.0. The van der Waals surface area contributed by atoms with Crippen molar-refractivity contribution in [3.8, 4) is 0 Å². The molecule has 0 heterocycles. The third-order valence-electron chi connectivity index (χ3n) is 5.14. The number of carboxylic acids is 3. The molecule has 0 rings (SSSR count). The molecule has 0 aromatic heterocycles. The summed E-state index contributed by atoms with van der Waals surface area (Å²) in [6.07, 6.45) is 6.28. The predicted molar refractivity (Wildman–Crippen MR) is 147 cm³/mol. The third kappa shape index (κ3) is 25.2. The predicted octanol–water partition coefficient (Wildman–Crippen LogP) is -0.235. The fourth-order valence-corrected chi connectivity index (χ4v) is 2.80. The molecular formula is C23H48N6O7S. The zero-order valence-electron chi connectivity index (χ0n) is 22.1. The molecule has 0 spiro atoms. The summed E-state index contributed by atoms with van der Waals surface area (Å²) in [6, 6.07) is -2.17. The van der Waals surface area contributed by atoms with E-state index < -0.39 is 42.0 Å². The van der Waals surface area contributed by atoms with Gasteiger partial charge < -0.3 is 49.3 Å². The first kappa shape index (κ1) is 39.3. The number of carbonyl (C=O) groups is 4. The number of unbranched alkanes of at least 4 members (excludes halogenated alkanes) is 3. The van der Waals surface area contributed by atoms with Crippen LogP contribution in [0.15, 0.2) is 0 Å². The molecule has 4 atom stereocenters. The van der Waals surface area contributed by atoms with E-state index in [1.807, 2.05) is 0 Å². The molecule has 0 aliphatic carbocycles. The molecular weight excluding hydrogens is 504 g/mol. The highest BCUT2D eigenvalue weighted by atomic mass is 32.1. The molecule has 14 heteroatoms. The van der Waals surface area contributed by atoms with Crippen molar-refractivity contribution in [2.75, 3.05) is 19.6 Å². The number of hydrogen-bond donors (Lipinski definition) is 9. The topological polar surface area (TPSA) is 271 Å². The van der Waals surface area contributed by atoms with Gasteiger partial charge in [-0.15, -0.1) is 0 Å². The Balaban J connectivity index is -0.000000499. The quantitative estimate of drug-likeness (QED) is 0.0784. The number of nitrogens with one attached hydrogen (secondary N) is 1. The SMILES string of the molecule is CC(=O)[C@H](C)C(=S)NC(CCCCN)C(=O)O.NCCCCC(N)C(=O)O.NCCCCC(N)C(=O)O. The lowest BCUT2D eigenvalue weighted by molar-refractivity contribution is -0.140. The van der Waals surface area contributed by atoms with Gasteiger partial charge in [-0.25, -0.2) is 4.79 Å². The van der Waals surface area contributed by atoms with Gasteiger partial charge in [0.2, 0.25) is 0 Å². The van der Waals surface area contributed by atoms with E-state index in [1.165, 1.54) is 6.92 Å². The van der Waals surface area contributed by atoms with Crippen molar-refractivity contribution in [3.05, 3.63) is 0 Å². The van der Waals surface area contributed by atoms with E-state index in [1.54, 1.807) is 6.92 Å². The van der Waals surface area contributed by atoms with Gasteiger partial charge in [-0.05, 0) is 78.4 Å². The van der Waals surface area contributed by atoms with Gasteiger partial charge in [0.15, 0.2) is 0 Å². The molecule has 37 heavy (non-hydrogen) atoms. The summed E-state index contributed by atoms with van der Waals surface area (Å²) in [5.74, 6) is -3.34. The smallest absolute Gasteiger partial charge is 0.326 e. The average Bonchev–Trinajstić information content (AvgIpc) is 2.83. The van der Waals surface area contributed by atoms with Crippen LogP contribution in [0.1, 0.15) is 71.6 Å². The summed E-state index contributed by atoms with van der Waals surface area (Å²) < 4.78 is 0. The van der Waals surface area contributed by atoms with Crippen LogP contribution in [-0.4, -0.2) is 81.8 Å². The van der Waals surface area contributed by atoms with E-state index in [0.717, 1.165) is 38.5 Å². The Morgan fingerprint density at radius 3 is 1.32 bits per heavy atom. The van der Waals surface area contributed by atoms with Gasteiger partial charge in [-0.3, -0.25) is 14.4 Å². The number of rotatable bonds is 18. The van der Waals surface area contributed by atoms with Crippen molar-refractivity contribution in [1.29, 1.82) is 0 Å². The molecule has 0 amide bonds. The molecule has 0 bridgehead atoms. The number of Topliss-reactive ketones (excluding diaryl/α,β-unsaturated/α-hetero) is 1. The summed E-state index contributed by atoms with van der Waals surface area (Å²) in [6.45, 7) is 4.85. The second kappa shape index (κ2) is 25.4. The van der Waals surface area contributed by atoms with Crippen molar-refractivity contribution in [2.24, 2.45) is 34.6 Å². The highest BCUT2D eigenvalue weighted by molar-refractivity contribution is 7.80. The lowest BCUT2D eigenvalue weighted by atomic mass is 10.1. The number of thiocarbonyl (C=S) groups is 1. The van der Waals surface area contributed by atoms with Crippen molar-refractivity contribution >= 4 is 40.9 Å². The fraction of sp³-hybridized carbons (Fsp3) is 0.783. The number of aliphatic carboxylic acids is 3. The van der Waals surface area contributed by atoms with Crippen LogP contribution in [0.4, 0.5) is 0 Å². The van der Waals surface area contributed by atoms with E-state index in [9.17, 15) is 19.2 Å². The minimum atomic E-state index is -0.958. The van der Waals surface area contributed by atoms with Crippen molar-refractivity contribution < 1.29 is 34.5 Å². The molecule has 0 aliphatic rings. The summed E-state index contributed by atoms with van der Waals surface area (Å²) in [5, 5.41) is 28.4. The second-order valence-electron chi connectivity index (χ2n) is 8.47. The molecule has 0 aliphatic heterocycles. The largest absolute Gasteiger partial charge is 0.480 e. The van der Waals surface area contributed by atoms with Gasteiger partial charge in [-0.2, -0.15) is 0 Å². The van der Waals surface area contributed by atoms with Crippen LogP contribution in [0.25, 0.3) is 0 Å². The van der Waals surface area contributed by atoms with E-state index in [0.29, 0.717) is 38.9 Å². The van der Waals surface area contributed by atoms with E-state index in [-0.39, 0.29) is 10.8 Å². The lowest BCUT2D eigenvalue weighted by Crippen LogP contribution is -2.43. The monoisotopic (exact) mass is 552 g/mol. The van der Waals surface area contributed by atoms with Crippen molar-refractivity contribution in [3.63, 3.8) is 0 Å². The number of nitrogens with two attached hydrogens (primary N) is 5. The fourth-order valence-electron chi connectivity index (χ4n) is 2.50. The van der Waals surface area contributed by atoms with Gasteiger partial charge in [0.05, 0.1) is 10.9 Å². The zero-order valence-corrected chi connectivity index (χ0v) is 22.9. The highest BCUT2D eigenvalue weighted by Crippen LogP contribution is 2.05. The molecule has 14 N–H and O–H groups in total. The molecule has 0 aromatic carbocycles. The molecule has 3 unspecified atom stereocenters. The van der Waals surface area contributed by atoms with Crippen molar-refractivity contribution in [2.45, 2.75) is 89.8 Å². The molecule has 0 saturated carbocycles.